The number of rotatable bonds is 5. The quantitative estimate of drug-likeness (QED) is 0.452. The fourth-order valence-electron chi connectivity index (χ4n) is 2.95. The van der Waals surface area contributed by atoms with E-state index in [0.29, 0.717) is 16.8 Å². The highest BCUT2D eigenvalue weighted by Crippen LogP contribution is 2.24. The maximum atomic E-state index is 13.9. The molecule has 2 heterocycles. The Kier molecular flexibility index (Phi) is 4.85. The number of nitrogens with one attached hydrogen (secondary N) is 2. The molecular formula is C20H15BrF2N4. The third-order valence-electron chi connectivity index (χ3n) is 4.30. The Hall–Kier alpha value is -2.80. The molecule has 7 heteroatoms. The molecule has 0 aliphatic rings. The van der Waals surface area contributed by atoms with Gasteiger partial charge in [-0.25, -0.2) is 18.7 Å². The largest absolute Gasteiger partial charge is 0.370 e. The monoisotopic (exact) mass is 428 g/mol. The van der Waals surface area contributed by atoms with E-state index in [9.17, 15) is 8.78 Å². The van der Waals surface area contributed by atoms with Crippen LogP contribution in [-0.2, 0) is 6.42 Å². The first-order valence-corrected chi connectivity index (χ1v) is 9.16. The summed E-state index contributed by atoms with van der Waals surface area (Å²) in [4.78, 5) is 11.7. The van der Waals surface area contributed by atoms with E-state index < -0.39 is 11.6 Å². The summed E-state index contributed by atoms with van der Waals surface area (Å²) in [5, 5.41) is 4.20. The lowest BCUT2D eigenvalue weighted by Crippen LogP contribution is -2.09. The number of hydrogen-bond donors (Lipinski definition) is 2. The molecule has 0 aliphatic heterocycles. The highest BCUT2D eigenvalue weighted by Gasteiger charge is 2.10. The van der Waals surface area contributed by atoms with Crippen LogP contribution < -0.4 is 5.32 Å². The van der Waals surface area contributed by atoms with Crippen molar-refractivity contribution in [2.24, 2.45) is 0 Å². The predicted molar refractivity (Wildman–Crippen MR) is 106 cm³/mol. The van der Waals surface area contributed by atoms with Gasteiger partial charge in [-0.05, 0) is 36.8 Å². The summed E-state index contributed by atoms with van der Waals surface area (Å²) in [7, 11) is 0. The second-order valence-electron chi connectivity index (χ2n) is 6.09. The Morgan fingerprint density at radius 3 is 2.63 bits per heavy atom. The predicted octanol–water partition coefficient (Wildman–Crippen LogP) is 5.32. The van der Waals surface area contributed by atoms with E-state index in [-0.39, 0.29) is 12.0 Å². The van der Waals surface area contributed by atoms with Crippen LogP contribution in [-0.4, -0.2) is 21.5 Å². The van der Waals surface area contributed by atoms with Crippen LogP contribution in [0.1, 0.15) is 5.56 Å². The molecule has 2 N–H and O–H groups in total. The minimum Gasteiger partial charge on any atom is -0.370 e. The Balaban J connectivity index is 1.48. The fraction of sp³-hybridized carbons (Fsp3) is 0.100. The zero-order valence-corrected chi connectivity index (χ0v) is 15.7. The van der Waals surface area contributed by atoms with E-state index in [1.54, 1.807) is 0 Å². The van der Waals surface area contributed by atoms with Gasteiger partial charge in [0.2, 0.25) is 0 Å². The first kappa shape index (κ1) is 17.6. The van der Waals surface area contributed by atoms with Crippen LogP contribution in [0, 0.1) is 11.6 Å². The van der Waals surface area contributed by atoms with Gasteiger partial charge in [-0.2, -0.15) is 0 Å². The molecule has 136 valence electrons. The highest BCUT2D eigenvalue weighted by atomic mass is 79.9. The van der Waals surface area contributed by atoms with Gasteiger partial charge in [0.1, 0.15) is 23.8 Å². The number of H-pyrrole nitrogens is 1. The second-order valence-corrected chi connectivity index (χ2v) is 7.01. The summed E-state index contributed by atoms with van der Waals surface area (Å²) >= 11 is 3.08. The first-order chi connectivity index (χ1) is 13.1. The summed E-state index contributed by atoms with van der Waals surface area (Å²) < 4.78 is 28.2. The molecule has 0 saturated carbocycles. The fourth-order valence-corrected chi connectivity index (χ4v) is 3.35. The summed E-state index contributed by atoms with van der Waals surface area (Å²) in [6, 6.07) is 12.4. The Morgan fingerprint density at radius 2 is 1.81 bits per heavy atom. The van der Waals surface area contributed by atoms with E-state index >= 15 is 0 Å². The van der Waals surface area contributed by atoms with E-state index in [2.05, 4.69) is 36.2 Å². The van der Waals surface area contributed by atoms with Gasteiger partial charge < -0.3 is 10.3 Å². The molecule has 4 nitrogen and oxygen atoms in total. The third-order valence-corrected chi connectivity index (χ3v) is 4.76. The van der Waals surface area contributed by atoms with Crippen molar-refractivity contribution < 1.29 is 8.78 Å². The number of anilines is 1. The van der Waals surface area contributed by atoms with Gasteiger partial charge in [0.05, 0.1) is 5.69 Å². The van der Waals surface area contributed by atoms with Crippen molar-refractivity contribution in [1.29, 1.82) is 0 Å². The summed E-state index contributed by atoms with van der Waals surface area (Å²) in [5.41, 5.74) is 2.86. The summed E-state index contributed by atoms with van der Waals surface area (Å²) in [6.45, 7) is 0.350. The Bertz CT molecular complexity index is 1090. The molecule has 4 aromatic rings. The molecule has 0 bridgehead atoms. The van der Waals surface area contributed by atoms with Crippen LogP contribution >= 0.6 is 15.9 Å². The van der Waals surface area contributed by atoms with Gasteiger partial charge in [0, 0.05) is 45.3 Å². The van der Waals surface area contributed by atoms with Crippen molar-refractivity contribution in [3.63, 3.8) is 0 Å². The zero-order valence-electron chi connectivity index (χ0n) is 14.1. The van der Waals surface area contributed by atoms with Gasteiger partial charge in [-0.1, -0.05) is 22.0 Å². The Labute approximate surface area is 162 Å². The van der Waals surface area contributed by atoms with Crippen molar-refractivity contribution >= 4 is 32.7 Å². The number of aromatic amines is 1. The lowest BCUT2D eigenvalue weighted by Gasteiger charge is -2.09. The Morgan fingerprint density at radius 1 is 1.00 bits per heavy atom. The normalized spacial score (nSPS) is 11.1. The number of nitrogens with zero attached hydrogens (tertiary/aromatic N) is 2. The maximum Gasteiger partial charge on any atom is 0.130 e. The van der Waals surface area contributed by atoms with E-state index in [1.807, 2.05) is 36.5 Å². The minimum atomic E-state index is -0.563. The van der Waals surface area contributed by atoms with Crippen LogP contribution in [0.25, 0.3) is 22.2 Å². The van der Waals surface area contributed by atoms with Gasteiger partial charge in [-0.3, -0.25) is 0 Å². The van der Waals surface area contributed by atoms with Crippen LogP contribution in [0.15, 0.2) is 59.5 Å². The minimum absolute atomic E-state index is 0.0536. The molecule has 0 fully saturated rings. The number of halogens is 3. The van der Waals surface area contributed by atoms with E-state index in [1.165, 1.54) is 18.5 Å². The van der Waals surface area contributed by atoms with Gasteiger partial charge >= 0.3 is 0 Å². The molecular weight excluding hydrogens is 414 g/mol. The summed E-state index contributed by atoms with van der Waals surface area (Å²) in [6.07, 6.45) is 3.57. The molecule has 2 aromatic carbocycles. The van der Waals surface area contributed by atoms with E-state index in [4.69, 9.17) is 0 Å². The molecule has 0 spiro atoms. The number of fused-ring (bicyclic) bond motifs is 1. The van der Waals surface area contributed by atoms with Crippen LogP contribution in [0.3, 0.4) is 0 Å². The van der Waals surface area contributed by atoms with Crippen molar-refractivity contribution in [1.82, 2.24) is 15.0 Å². The second kappa shape index (κ2) is 7.44. The smallest absolute Gasteiger partial charge is 0.130 e. The van der Waals surface area contributed by atoms with Gasteiger partial charge in [0.25, 0.3) is 0 Å². The maximum absolute atomic E-state index is 13.9. The zero-order chi connectivity index (χ0) is 18.8. The van der Waals surface area contributed by atoms with Crippen LogP contribution in [0.4, 0.5) is 14.6 Å². The average Bonchev–Trinajstić information content (AvgIpc) is 3.12. The highest BCUT2D eigenvalue weighted by molar-refractivity contribution is 9.10. The summed E-state index contributed by atoms with van der Waals surface area (Å²) in [5.74, 6) is -0.522. The average molecular weight is 429 g/mol. The topological polar surface area (TPSA) is 53.6 Å². The third kappa shape index (κ3) is 3.83. The number of hydrogen-bond acceptors (Lipinski definition) is 3. The molecule has 0 atom stereocenters. The standard InChI is InChI=1S/C20H15BrF2N4/c21-14-8-16(22)15(17(23)9-14)4-6-25-20-10-19(26-11-27-20)12-1-2-18-13(7-12)3-5-24-18/h1-3,5,7-11,24H,4,6H2,(H,25,26,27). The molecule has 2 aromatic heterocycles. The molecule has 0 unspecified atom stereocenters. The lowest BCUT2D eigenvalue weighted by molar-refractivity contribution is 0.555. The van der Waals surface area contributed by atoms with Gasteiger partial charge in [-0.15, -0.1) is 0 Å². The molecule has 0 amide bonds. The molecule has 4 rings (SSSR count). The molecule has 27 heavy (non-hydrogen) atoms. The first-order valence-electron chi connectivity index (χ1n) is 8.37. The van der Waals surface area contributed by atoms with Crippen molar-refractivity contribution in [3.8, 4) is 11.3 Å². The molecule has 0 aliphatic carbocycles. The number of aromatic nitrogens is 3. The molecule has 0 radical (unpaired) electrons. The molecule has 0 saturated heterocycles. The number of benzene rings is 2. The SMILES string of the molecule is Fc1cc(Br)cc(F)c1CCNc1cc(-c2ccc3[nH]ccc3c2)ncn1. The lowest BCUT2D eigenvalue weighted by atomic mass is 10.1. The van der Waals surface area contributed by atoms with Crippen molar-refractivity contribution in [3.05, 3.63) is 76.7 Å². The van der Waals surface area contributed by atoms with Crippen LogP contribution in [0.5, 0.6) is 0 Å². The van der Waals surface area contributed by atoms with Crippen molar-refractivity contribution in [2.75, 3.05) is 11.9 Å². The van der Waals surface area contributed by atoms with Gasteiger partial charge in [0.15, 0.2) is 0 Å². The van der Waals surface area contributed by atoms with Crippen molar-refractivity contribution in [2.45, 2.75) is 6.42 Å². The van der Waals surface area contributed by atoms with E-state index in [0.717, 1.165) is 22.2 Å². The van der Waals surface area contributed by atoms with Crippen LogP contribution in [0.2, 0.25) is 0 Å².